The van der Waals surface area contributed by atoms with Gasteiger partial charge in [0.05, 0.1) is 11.8 Å². The molecule has 2 aromatic carbocycles. The summed E-state index contributed by atoms with van der Waals surface area (Å²) in [5.74, 6) is 0.368. The number of nitrogens with zero attached hydrogens (tertiary/aromatic N) is 1. The monoisotopic (exact) mass is 413 g/mol. The van der Waals surface area contributed by atoms with Crippen LogP contribution in [0.5, 0.6) is 0 Å². The molecule has 0 unspecified atom stereocenters. The third-order valence-corrected chi connectivity index (χ3v) is 5.36. The molecule has 7 heteroatoms. The molecule has 1 saturated carbocycles. The molecule has 1 aliphatic rings. The largest absolute Gasteiger partial charge is 0.463 e. The predicted octanol–water partition coefficient (Wildman–Crippen LogP) is 3.81. The van der Waals surface area contributed by atoms with Crippen molar-refractivity contribution < 1.29 is 14.0 Å². The Morgan fingerprint density at radius 2 is 1.90 bits per heavy atom. The quantitative estimate of drug-likeness (QED) is 0.468. The van der Waals surface area contributed by atoms with Crippen molar-refractivity contribution in [1.29, 1.82) is 0 Å². The summed E-state index contributed by atoms with van der Waals surface area (Å²) >= 11 is 0. The summed E-state index contributed by atoms with van der Waals surface area (Å²) in [4.78, 5) is 38.1. The number of ketones is 1. The lowest BCUT2D eigenvalue weighted by molar-refractivity contribution is -0.115. The number of anilines is 1. The van der Waals surface area contributed by atoms with Crippen molar-refractivity contribution in [1.82, 2.24) is 10.2 Å². The standard InChI is InChI=1S/C24H19N3O4/c28-22(25-21-12-19(26-27-21)15-7-8-15)11-14-6-9-20-17(10-14)24(30)18(13-31-20)23(29)16-4-2-1-3-5-16/h1-6,9-10,12-13,15H,7-8,11H2,(H2,25,26,27,28). The zero-order valence-corrected chi connectivity index (χ0v) is 16.6. The van der Waals surface area contributed by atoms with Crippen LogP contribution < -0.4 is 10.7 Å². The highest BCUT2D eigenvalue weighted by molar-refractivity contribution is 6.09. The Bertz CT molecular complexity index is 1350. The number of aromatic nitrogens is 2. The van der Waals surface area contributed by atoms with Crippen LogP contribution in [0.25, 0.3) is 11.0 Å². The van der Waals surface area contributed by atoms with Crippen LogP contribution >= 0.6 is 0 Å². The molecule has 0 spiro atoms. The van der Waals surface area contributed by atoms with Gasteiger partial charge in [0, 0.05) is 23.2 Å². The van der Waals surface area contributed by atoms with Crippen LogP contribution in [0.1, 0.15) is 45.9 Å². The van der Waals surface area contributed by atoms with Gasteiger partial charge in [0.2, 0.25) is 11.3 Å². The fourth-order valence-electron chi connectivity index (χ4n) is 3.57. The minimum atomic E-state index is -0.418. The molecule has 0 atom stereocenters. The van der Waals surface area contributed by atoms with Gasteiger partial charge in [-0.25, -0.2) is 0 Å². The van der Waals surface area contributed by atoms with E-state index in [1.807, 2.05) is 6.07 Å². The van der Waals surface area contributed by atoms with Gasteiger partial charge in [-0.15, -0.1) is 0 Å². The lowest BCUT2D eigenvalue weighted by Gasteiger charge is -2.05. The van der Waals surface area contributed by atoms with Crippen LogP contribution in [-0.2, 0) is 11.2 Å². The molecule has 7 nitrogen and oxygen atoms in total. The fourth-order valence-corrected chi connectivity index (χ4v) is 3.57. The van der Waals surface area contributed by atoms with Gasteiger partial charge in [-0.2, -0.15) is 5.10 Å². The molecule has 0 saturated heterocycles. The van der Waals surface area contributed by atoms with Crippen LogP contribution in [0.2, 0.25) is 0 Å². The van der Waals surface area contributed by atoms with Crippen molar-refractivity contribution in [2.75, 3.05) is 5.32 Å². The number of amides is 1. The van der Waals surface area contributed by atoms with Crippen LogP contribution in [0, 0.1) is 0 Å². The van der Waals surface area contributed by atoms with Gasteiger partial charge >= 0.3 is 0 Å². The first-order valence-electron chi connectivity index (χ1n) is 10.1. The van der Waals surface area contributed by atoms with Crippen molar-refractivity contribution in [2.45, 2.75) is 25.2 Å². The number of hydrogen-bond donors (Lipinski definition) is 2. The minimum absolute atomic E-state index is 0.0376. The smallest absolute Gasteiger partial charge is 0.229 e. The predicted molar refractivity (Wildman–Crippen MR) is 115 cm³/mol. The van der Waals surface area contributed by atoms with E-state index in [9.17, 15) is 14.4 Å². The van der Waals surface area contributed by atoms with Crippen LogP contribution in [-0.4, -0.2) is 21.9 Å². The summed E-state index contributed by atoms with van der Waals surface area (Å²) in [6.45, 7) is 0. The van der Waals surface area contributed by atoms with Gasteiger partial charge in [0.1, 0.15) is 17.4 Å². The van der Waals surface area contributed by atoms with E-state index in [1.54, 1.807) is 48.5 Å². The van der Waals surface area contributed by atoms with Crippen molar-refractivity contribution in [2.24, 2.45) is 0 Å². The summed E-state index contributed by atoms with van der Waals surface area (Å²) in [7, 11) is 0. The second-order valence-corrected chi connectivity index (χ2v) is 7.71. The van der Waals surface area contributed by atoms with Gasteiger partial charge in [0.15, 0.2) is 11.6 Å². The number of rotatable bonds is 6. The molecule has 154 valence electrons. The topological polar surface area (TPSA) is 105 Å². The normalized spacial score (nSPS) is 13.3. The Kier molecular flexibility index (Phi) is 4.71. The Balaban J connectivity index is 1.38. The molecule has 5 rings (SSSR count). The molecule has 1 amide bonds. The van der Waals surface area contributed by atoms with E-state index in [2.05, 4.69) is 15.5 Å². The number of aromatic amines is 1. The molecule has 2 N–H and O–H groups in total. The molecule has 0 aliphatic heterocycles. The number of carbonyl (C=O) groups excluding carboxylic acids is 2. The number of benzene rings is 2. The van der Waals surface area contributed by atoms with Crippen molar-refractivity contribution in [3.8, 4) is 0 Å². The fraction of sp³-hybridized carbons (Fsp3) is 0.167. The van der Waals surface area contributed by atoms with E-state index in [-0.39, 0.29) is 23.3 Å². The van der Waals surface area contributed by atoms with Gasteiger partial charge in [-0.3, -0.25) is 19.5 Å². The summed E-state index contributed by atoms with van der Waals surface area (Å²) < 4.78 is 5.52. The maximum absolute atomic E-state index is 12.9. The first-order valence-corrected chi connectivity index (χ1v) is 10.1. The summed E-state index contributed by atoms with van der Waals surface area (Å²) in [5.41, 5.74) is 1.99. The summed E-state index contributed by atoms with van der Waals surface area (Å²) in [6, 6.07) is 15.4. The van der Waals surface area contributed by atoms with Gasteiger partial charge in [-0.05, 0) is 30.5 Å². The van der Waals surface area contributed by atoms with Crippen molar-refractivity contribution in [3.05, 3.63) is 93.5 Å². The second-order valence-electron chi connectivity index (χ2n) is 7.71. The lowest BCUT2D eigenvalue weighted by atomic mass is 10.0. The molecule has 1 fully saturated rings. The maximum atomic E-state index is 12.9. The van der Waals surface area contributed by atoms with E-state index in [4.69, 9.17) is 4.42 Å². The van der Waals surface area contributed by atoms with Gasteiger partial charge in [0.25, 0.3) is 0 Å². The molecular formula is C24H19N3O4. The molecule has 0 radical (unpaired) electrons. The maximum Gasteiger partial charge on any atom is 0.229 e. The van der Waals surface area contributed by atoms with E-state index in [0.717, 1.165) is 18.5 Å². The van der Waals surface area contributed by atoms with Crippen molar-refractivity contribution >= 4 is 28.5 Å². The first kappa shape index (κ1) is 19.0. The highest BCUT2D eigenvalue weighted by Gasteiger charge is 2.25. The van der Waals surface area contributed by atoms with Gasteiger partial charge in [-0.1, -0.05) is 36.4 Å². The number of H-pyrrole nitrogens is 1. The van der Waals surface area contributed by atoms with E-state index in [1.165, 1.54) is 6.26 Å². The summed E-state index contributed by atoms with van der Waals surface area (Å²) in [5, 5.41) is 10.1. The Labute approximate surface area is 177 Å². The zero-order chi connectivity index (χ0) is 21.4. The number of fused-ring (bicyclic) bond motifs is 1. The number of hydrogen-bond acceptors (Lipinski definition) is 5. The molecular weight excluding hydrogens is 394 g/mol. The van der Waals surface area contributed by atoms with Crippen LogP contribution in [0.15, 0.2) is 70.1 Å². The first-order chi connectivity index (χ1) is 15.1. The van der Waals surface area contributed by atoms with Crippen LogP contribution in [0.4, 0.5) is 5.82 Å². The SMILES string of the molecule is O=C(Cc1ccc2occ(C(=O)c3ccccc3)c(=O)c2c1)Nc1cc(C2CC2)[nH]n1. The molecule has 1 aliphatic carbocycles. The Morgan fingerprint density at radius 3 is 2.68 bits per heavy atom. The van der Waals surface area contributed by atoms with Crippen LogP contribution in [0.3, 0.4) is 0 Å². The third-order valence-electron chi connectivity index (χ3n) is 5.36. The zero-order valence-electron chi connectivity index (χ0n) is 16.6. The number of carbonyl (C=O) groups is 2. The van der Waals surface area contributed by atoms with E-state index >= 15 is 0 Å². The lowest BCUT2D eigenvalue weighted by Crippen LogP contribution is -2.17. The minimum Gasteiger partial charge on any atom is -0.463 e. The molecule has 0 bridgehead atoms. The Morgan fingerprint density at radius 1 is 1.10 bits per heavy atom. The molecule has 2 aromatic heterocycles. The molecule has 31 heavy (non-hydrogen) atoms. The van der Waals surface area contributed by atoms with E-state index < -0.39 is 11.2 Å². The second kappa shape index (κ2) is 7.68. The van der Waals surface area contributed by atoms with E-state index in [0.29, 0.717) is 28.4 Å². The molecule has 2 heterocycles. The van der Waals surface area contributed by atoms with Crippen molar-refractivity contribution in [3.63, 3.8) is 0 Å². The highest BCUT2D eigenvalue weighted by Crippen LogP contribution is 2.39. The van der Waals surface area contributed by atoms with Gasteiger partial charge < -0.3 is 9.73 Å². The Hall–Kier alpha value is -4.00. The third kappa shape index (κ3) is 3.90. The summed E-state index contributed by atoms with van der Waals surface area (Å²) in [6.07, 6.45) is 3.55. The highest BCUT2D eigenvalue weighted by atomic mass is 16.3. The molecule has 4 aromatic rings. The average Bonchev–Trinajstić information content (AvgIpc) is 3.54. The average molecular weight is 413 g/mol. The number of nitrogens with one attached hydrogen (secondary N) is 2.